The van der Waals surface area contributed by atoms with Gasteiger partial charge in [-0.05, 0) is 0 Å². The Morgan fingerprint density at radius 2 is 2.50 bits per heavy atom. The first kappa shape index (κ1) is 10.6. The summed E-state index contributed by atoms with van der Waals surface area (Å²) in [6.07, 6.45) is 5.64. The van der Waals surface area contributed by atoms with E-state index >= 15 is 0 Å². The first-order valence-corrected chi connectivity index (χ1v) is 4.38. The van der Waals surface area contributed by atoms with Crippen molar-refractivity contribution in [2.75, 3.05) is 13.1 Å². The summed E-state index contributed by atoms with van der Waals surface area (Å²) < 4.78 is 0. The number of rotatable bonds is 3. The molecule has 6 heteroatoms. The standard InChI is InChI=1S/C8H9ClN4O/c1-13(5-9)6-12-8(14)7-4-10-2-3-11-7/h2-4,6H,5H2,1H3. The molecule has 1 amide bonds. The van der Waals surface area contributed by atoms with Crippen LogP contribution in [-0.4, -0.2) is 40.2 Å². The van der Waals surface area contributed by atoms with E-state index in [1.165, 1.54) is 24.9 Å². The Morgan fingerprint density at radius 1 is 1.71 bits per heavy atom. The molecule has 0 aliphatic heterocycles. The molecule has 0 bridgehead atoms. The van der Waals surface area contributed by atoms with E-state index in [-0.39, 0.29) is 11.7 Å². The number of carbonyl (C=O) groups excluding carboxylic acids is 1. The van der Waals surface area contributed by atoms with Gasteiger partial charge in [-0.1, -0.05) is 0 Å². The second-order valence-corrected chi connectivity index (χ2v) is 2.76. The lowest BCUT2D eigenvalue weighted by Gasteiger charge is -2.05. The van der Waals surface area contributed by atoms with Crippen molar-refractivity contribution >= 4 is 23.8 Å². The minimum absolute atomic E-state index is 0.215. The lowest BCUT2D eigenvalue weighted by Crippen LogP contribution is -2.14. The van der Waals surface area contributed by atoms with Crippen LogP contribution < -0.4 is 0 Å². The van der Waals surface area contributed by atoms with E-state index in [1.54, 1.807) is 11.9 Å². The molecule has 0 atom stereocenters. The third kappa shape index (κ3) is 3.10. The summed E-state index contributed by atoms with van der Waals surface area (Å²) in [4.78, 5) is 24.1. The average molecular weight is 213 g/mol. The van der Waals surface area contributed by atoms with E-state index in [4.69, 9.17) is 11.6 Å². The average Bonchev–Trinajstić information content (AvgIpc) is 2.26. The first-order chi connectivity index (χ1) is 6.74. The number of amides is 1. The first-order valence-electron chi connectivity index (χ1n) is 3.85. The largest absolute Gasteiger partial charge is 0.352 e. The van der Waals surface area contributed by atoms with Gasteiger partial charge in [-0.25, -0.2) is 4.98 Å². The smallest absolute Gasteiger partial charge is 0.298 e. The maximum atomic E-state index is 11.3. The van der Waals surface area contributed by atoms with Gasteiger partial charge in [0.25, 0.3) is 5.91 Å². The van der Waals surface area contributed by atoms with Crippen molar-refractivity contribution in [2.24, 2.45) is 4.99 Å². The van der Waals surface area contributed by atoms with E-state index < -0.39 is 5.91 Å². The van der Waals surface area contributed by atoms with Crippen LogP contribution in [-0.2, 0) is 0 Å². The van der Waals surface area contributed by atoms with E-state index in [1.807, 2.05) is 0 Å². The third-order valence-corrected chi connectivity index (χ3v) is 1.72. The van der Waals surface area contributed by atoms with Gasteiger partial charge in [0.05, 0.1) is 18.5 Å². The molecule has 0 saturated carbocycles. The van der Waals surface area contributed by atoms with Gasteiger partial charge in [0.2, 0.25) is 0 Å². The van der Waals surface area contributed by atoms with Gasteiger partial charge >= 0.3 is 0 Å². The zero-order valence-electron chi connectivity index (χ0n) is 7.59. The van der Waals surface area contributed by atoms with Crippen LogP contribution >= 0.6 is 11.6 Å². The number of halogens is 1. The number of aromatic nitrogens is 2. The predicted octanol–water partition coefficient (Wildman–Crippen LogP) is 0.773. The van der Waals surface area contributed by atoms with Crippen molar-refractivity contribution < 1.29 is 4.79 Å². The van der Waals surface area contributed by atoms with Crippen LogP contribution in [0, 0.1) is 0 Å². The summed E-state index contributed by atoms with van der Waals surface area (Å²) in [6.45, 7) is 0. The molecule has 0 aromatic carbocycles. The van der Waals surface area contributed by atoms with E-state index in [0.717, 1.165) is 0 Å². The van der Waals surface area contributed by atoms with Gasteiger partial charge in [0, 0.05) is 19.4 Å². The molecule has 0 saturated heterocycles. The van der Waals surface area contributed by atoms with Gasteiger partial charge in [-0.3, -0.25) is 9.78 Å². The van der Waals surface area contributed by atoms with Crippen molar-refractivity contribution in [1.82, 2.24) is 14.9 Å². The third-order valence-electron chi connectivity index (χ3n) is 1.34. The number of carbonyl (C=O) groups is 1. The summed E-state index contributed by atoms with van der Waals surface area (Å²) >= 11 is 5.48. The summed E-state index contributed by atoms with van der Waals surface area (Å²) in [7, 11) is 1.71. The molecule has 0 aliphatic rings. The maximum absolute atomic E-state index is 11.3. The topological polar surface area (TPSA) is 58.5 Å². The summed E-state index contributed by atoms with van der Waals surface area (Å²) in [6, 6.07) is 0.275. The number of hydrogen-bond donors (Lipinski definition) is 0. The molecule has 0 aliphatic carbocycles. The van der Waals surface area contributed by atoms with Crippen LogP contribution in [0.4, 0.5) is 0 Å². The molecule has 14 heavy (non-hydrogen) atoms. The Morgan fingerprint density at radius 3 is 3.07 bits per heavy atom. The van der Waals surface area contributed by atoms with Crippen molar-refractivity contribution in [3.8, 4) is 0 Å². The molecule has 0 spiro atoms. The van der Waals surface area contributed by atoms with E-state index in [9.17, 15) is 4.79 Å². The Labute approximate surface area is 86.5 Å². The number of alkyl halides is 1. The number of aliphatic imine (C=N–C) groups is 1. The second kappa shape index (κ2) is 5.29. The second-order valence-electron chi connectivity index (χ2n) is 2.52. The molecule has 74 valence electrons. The van der Waals surface area contributed by atoms with Crippen LogP contribution in [0.3, 0.4) is 0 Å². The fourth-order valence-corrected chi connectivity index (χ4v) is 0.719. The van der Waals surface area contributed by atoms with Gasteiger partial charge in [0.15, 0.2) is 0 Å². The summed E-state index contributed by atoms with van der Waals surface area (Å²) in [5.74, 6) is -0.435. The predicted molar refractivity (Wildman–Crippen MR) is 53.3 cm³/mol. The molecule has 0 radical (unpaired) electrons. The Hall–Kier alpha value is -1.49. The minimum Gasteiger partial charge on any atom is -0.352 e. The Balaban J connectivity index is 2.64. The quantitative estimate of drug-likeness (QED) is 0.322. The van der Waals surface area contributed by atoms with Gasteiger partial charge < -0.3 is 4.90 Å². The van der Waals surface area contributed by atoms with Crippen molar-refractivity contribution in [3.63, 3.8) is 0 Å². The minimum atomic E-state index is -0.435. The maximum Gasteiger partial charge on any atom is 0.298 e. The number of nitrogens with zero attached hydrogens (tertiary/aromatic N) is 4. The highest BCUT2D eigenvalue weighted by atomic mass is 35.5. The Bertz CT molecular complexity index is 327. The van der Waals surface area contributed by atoms with E-state index in [2.05, 4.69) is 15.0 Å². The van der Waals surface area contributed by atoms with Crippen LogP contribution in [0.2, 0.25) is 0 Å². The lowest BCUT2D eigenvalue weighted by atomic mass is 10.4. The molecule has 1 rings (SSSR count). The highest BCUT2D eigenvalue weighted by Gasteiger charge is 2.03. The Kier molecular flexibility index (Phi) is 4.00. The van der Waals surface area contributed by atoms with Crippen molar-refractivity contribution in [1.29, 1.82) is 0 Å². The zero-order valence-corrected chi connectivity index (χ0v) is 8.35. The fraction of sp³-hybridized carbons (Fsp3) is 0.250. The van der Waals surface area contributed by atoms with Crippen LogP contribution in [0.25, 0.3) is 0 Å². The molecule has 1 aromatic heterocycles. The molecular formula is C8H9ClN4O. The van der Waals surface area contributed by atoms with Crippen molar-refractivity contribution in [2.45, 2.75) is 0 Å². The van der Waals surface area contributed by atoms with Crippen LogP contribution in [0.5, 0.6) is 0 Å². The van der Waals surface area contributed by atoms with Crippen LogP contribution in [0.15, 0.2) is 23.6 Å². The molecule has 0 fully saturated rings. The molecule has 1 aromatic rings. The number of hydrogen-bond acceptors (Lipinski definition) is 3. The van der Waals surface area contributed by atoms with Gasteiger partial charge in [0.1, 0.15) is 5.69 Å². The highest BCUT2D eigenvalue weighted by molar-refractivity contribution is 6.18. The fourth-order valence-electron chi connectivity index (χ4n) is 0.658. The SMILES string of the molecule is CN(C=NC(=O)c1cnccn1)CCl. The molecule has 1 heterocycles. The summed E-state index contributed by atoms with van der Waals surface area (Å²) in [5.41, 5.74) is 0.215. The molecule has 0 N–H and O–H groups in total. The van der Waals surface area contributed by atoms with Crippen LogP contribution in [0.1, 0.15) is 10.5 Å². The molecular weight excluding hydrogens is 204 g/mol. The monoisotopic (exact) mass is 212 g/mol. The lowest BCUT2D eigenvalue weighted by molar-refractivity contribution is 0.0997. The highest BCUT2D eigenvalue weighted by Crippen LogP contribution is 1.93. The zero-order chi connectivity index (χ0) is 10.4. The summed E-state index contributed by atoms with van der Waals surface area (Å²) in [5, 5.41) is 0. The normalized spacial score (nSPS) is 10.4. The molecule has 0 unspecified atom stereocenters. The van der Waals surface area contributed by atoms with Gasteiger partial charge in [-0.2, -0.15) is 4.99 Å². The molecule has 5 nitrogen and oxygen atoms in total. The van der Waals surface area contributed by atoms with Crippen molar-refractivity contribution in [3.05, 3.63) is 24.3 Å². The van der Waals surface area contributed by atoms with Gasteiger partial charge in [-0.15, -0.1) is 11.6 Å². The van der Waals surface area contributed by atoms with E-state index in [0.29, 0.717) is 0 Å².